The van der Waals surface area contributed by atoms with Crippen molar-refractivity contribution in [3.05, 3.63) is 29.6 Å². The first-order valence-electron chi connectivity index (χ1n) is 9.07. The second-order valence-electron chi connectivity index (χ2n) is 8.03. The van der Waals surface area contributed by atoms with Crippen LogP contribution in [0.5, 0.6) is 0 Å². The van der Waals surface area contributed by atoms with Crippen molar-refractivity contribution in [1.82, 2.24) is 19.8 Å². The maximum absolute atomic E-state index is 13.0. The first-order chi connectivity index (χ1) is 12.3. The van der Waals surface area contributed by atoms with E-state index in [1.54, 1.807) is 17.2 Å². The number of piperidine rings is 1. The van der Waals surface area contributed by atoms with Gasteiger partial charge in [0.25, 0.3) is 5.91 Å². The van der Waals surface area contributed by atoms with Gasteiger partial charge >= 0.3 is 6.09 Å². The summed E-state index contributed by atoms with van der Waals surface area (Å²) in [4.78, 5) is 36.3. The number of amides is 2. The lowest BCUT2D eigenvalue weighted by Gasteiger charge is -2.40. The molecule has 2 aliphatic heterocycles. The van der Waals surface area contributed by atoms with Gasteiger partial charge in [-0.3, -0.25) is 4.79 Å². The summed E-state index contributed by atoms with van der Waals surface area (Å²) in [5, 5.41) is 0.944. The highest BCUT2D eigenvalue weighted by Crippen LogP contribution is 2.32. The number of aromatic nitrogens is 2. The van der Waals surface area contributed by atoms with E-state index in [1.165, 1.54) is 0 Å². The Hall–Kier alpha value is -2.57. The van der Waals surface area contributed by atoms with Gasteiger partial charge in [0.05, 0.1) is 5.56 Å². The summed E-state index contributed by atoms with van der Waals surface area (Å²) in [6, 6.07) is 1.93. The van der Waals surface area contributed by atoms with Crippen molar-refractivity contribution < 1.29 is 14.3 Å². The van der Waals surface area contributed by atoms with Crippen molar-refractivity contribution in [1.29, 1.82) is 0 Å². The third-order valence-corrected chi connectivity index (χ3v) is 5.04. The summed E-state index contributed by atoms with van der Waals surface area (Å²) in [6.07, 6.45) is 4.86. The molecule has 1 saturated heterocycles. The molecule has 2 aromatic rings. The predicted molar refractivity (Wildman–Crippen MR) is 96.8 cm³/mol. The minimum Gasteiger partial charge on any atom is -0.444 e. The number of aromatic amines is 1. The molecule has 0 atom stereocenters. The van der Waals surface area contributed by atoms with Gasteiger partial charge in [0.15, 0.2) is 0 Å². The third kappa shape index (κ3) is 2.91. The Morgan fingerprint density at radius 3 is 2.73 bits per heavy atom. The van der Waals surface area contributed by atoms with Gasteiger partial charge in [0.2, 0.25) is 0 Å². The molecule has 0 unspecified atom stereocenters. The van der Waals surface area contributed by atoms with E-state index in [-0.39, 0.29) is 18.0 Å². The van der Waals surface area contributed by atoms with Crippen molar-refractivity contribution in [3.63, 3.8) is 0 Å². The van der Waals surface area contributed by atoms with E-state index in [1.807, 2.05) is 31.9 Å². The first-order valence-corrected chi connectivity index (χ1v) is 9.07. The fourth-order valence-electron chi connectivity index (χ4n) is 3.82. The first kappa shape index (κ1) is 16.9. The molecule has 4 rings (SSSR count). The molecular formula is C19H24N4O3. The number of nitrogens with one attached hydrogen (secondary N) is 1. The maximum atomic E-state index is 13.0. The number of likely N-dealkylation sites (tertiary alicyclic amines) is 1. The molecule has 26 heavy (non-hydrogen) atoms. The lowest BCUT2D eigenvalue weighted by Crippen LogP contribution is -2.50. The molecule has 0 spiro atoms. The fraction of sp³-hybridized carbons (Fsp3) is 0.526. The average Bonchev–Trinajstić information content (AvgIpc) is 3.01. The highest BCUT2D eigenvalue weighted by atomic mass is 16.6. The average molecular weight is 356 g/mol. The van der Waals surface area contributed by atoms with Crippen LogP contribution in [0, 0.1) is 0 Å². The zero-order chi connectivity index (χ0) is 18.5. The van der Waals surface area contributed by atoms with Gasteiger partial charge in [-0.15, -0.1) is 0 Å². The van der Waals surface area contributed by atoms with Gasteiger partial charge in [-0.25, -0.2) is 9.78 Å². The van der Waals surface area contributed by atoms with E-state index < -0.39 is 5.60 Å². The number of hydrogen-bond donors (Lipinski definition) is 1. The van der Waals surface area contributed by atoms with Gasteiger partial charge < -0.3 is 19.5 Å². The van der Waals surface area contributed by atoms with Crippen LogP contribution in [0.25, 0.3) is 11.0 Å². The SMILES string of the molecule is CC(C)(C)OC(=O)N1CCC(N2Cc3c[nH]c4nccc(c34)C2=O)CC1. The van der Waals surface area contributed by atoms with Crippen molar-refractivity contribution in [3.8, 4) is 0 Å². The van der Waals surface area contributed by atoms with Crippen LogP contribution < -0.4 is 0 Å². The molecule has 0 saturated carbocycles. The number of pyridine rings is 1. The number of carbonyl (C=O) groups is 2. The molecule has 1 fully saturated rings. The second-order valence-corrected chi connectivity index (χ2v) is 8.03. The van der Waals surface area contributed by atoms with Crippen LogP contribution in [0.3, 0.4) is 0 Å². The largest absolute Gasteiger partial charge is 0.444 e. The number of hydrogen-bond acceptors (Lipinski definition) is 4. The quantitative estimate of drug-likeness (QED) is 0.852. The number of ether oxygens (including phenoxy) is 1. The van der Waals surface area contributed by atoms with Gasteiger partial charge in [-0.2, -0.15) is 0 Å². The van der Waals surface area contributed by atoms with E-state index in [4.69, 9.17) is 4.74 Å². The summed E-state index contributed by atoms with van der Waals surface area (Å²) in [6.45, 7) is 7.41. The van der Waals surface area contributed by atoms with Crippen molar-refractivity contribution in [2.24, 2.45) is 0 Å². The van der Waals surface area contributed by atoms with E-state index in [0.717, 1.165) is 29.4 Å². The summed E-state index contributed by atoms with van der Waals surface area (Å²) in [7, 11) is 0. The summed E-state index contributed by atoms with van der Waals surface area (Å²) < 4.78 is 5.45. The van der Waals surface area contributed by atoms with Crippen molar-refractivity contribution in [2.75, 3.05) is 13.1 Å². The number of rotatable bonds is 1. The van der Waals surface area contributed by atoms with Gasteiger partial charge in [-0.1, -0.05) is 0 Å². The molecule has 2 aromatic heterocycles. The molecule has 7 nitrogen and oxygen atoms in total. The monoisotopic (exact) mass is 356 g/mol. The lowest BCUT2D eigenvalue weighted by molar-refractivity contribution is 0.0141. The second kappa shape index (κ2) is 6.00. The van der Waals surface area contributed by atoms with Crippen LogP contribution >= 0.6 is 0 Å². The molecule has 0 aliphatic carbocycles. The van der Waals surface area contributed by atoms with Crippen LogP contribution in [-0.2, 0) is 11.3 Å². The number of nitrogens with zero attached hydrogens (tertiary/aromatic N) is 3. The zero-order valence-electron chi connectivity index (χ0n) is 15.4. The van der Waals surface area contributed by atoms with Gasteiger partial charge in [-0.05, 0) is 45.2 Å². The number of H-pyrrole nitrogens is 1. The van der Waals surface area contributed by atoms with Crippen LogP contribution in [0.4, 0.5) is 4.79 Å². The number of carbonyl (C=O) groups excluding carboxylic acids is 2. The molecule has 1 N–H and O–H groups in total. The van der Waals surface area contributed by atoms with Gasteiger partial charge in [0, 0.05) is 43.5 Å². The van der Waals surface area contributed by atoms with Crippen LogP contribution in [0.1, 0.15) is 49.5 Å². The fourth-order valence-corrected chi connectivity index (χ4v) is 3.82. The maximum Gasteiger partial charge on any atom is 0.410 e. The zero-order valence-corrected chi connectivity index (χ0v) is 15.4. The van der Waals surface area contributed by atoms with Crippen LogP contribution in [0.2, 0.25) is 0 Å². The normalized spacial score (nSPS) is 18.5. The summed E-state index contributed by atoms with van der Waals surface area (Å²) in [5.74, 6) is 0.0558. The standard InChI is InChI=1S/C19H24N4O3/c1-19(2,3)26-18(25)22-8-5-13(6-9-22)23-11-12-10-21-16-15(12)14(17(23)24)4-7-20-16/h4,7,10,13H,5-6,8-9,11H2,1-3H3,(H,20,21). The Kier molecular flexibility index (Phi) is 3.89. The Morgan fingerprint density at radius 1 is 1.31 bits per heavy atom. The third-order valence-electron chi connectivity index (χ3n) is 5.04. The molecule has 0 aromatic carbocycles. The van der Waals surface area contributed by atoms with E-state index >= 15 is 0 Å². The molecule has 138 valence electrons. The minimum atomic E-state index is -0.492. The molecular weight excluding hydrogens is 332 g/mol. The van der Waals surface area contributed by atoms with Crippen LogP contribution in [0.15, 0.2) is 18.5 Å². The minimum absolute atomic E-state index is 0.0558. The Labute approximate surface area is 152 Å². The molecule has 2 aliphatic rings. The topological polar surface area (TPSA) is 78.5 Å². The Bertz CT molecular complexity index is 859. The highest BCUT2D eigenvalue weighted by Gasteiger charge is 2.35. The molecule has 0 radical (unpaired) electrons. The Morgan fingerprint density at radius 2 is 2.04 bits per heavy atom. The van der Waals surface area contributed by atoms with Crippen molar-refractivity contribution >= 4 is 23.0 Å². The lowest BCUT2D eigenvalue weighted by atomic mass is 9.97. The molecule has 7 heteroatoms. The smallest absolute Gasteiger partial charge is 0.410 e. The summed E-state index contributed by atoms with van der Waals surface area (Å²) in [5.41, 5.74) is 2.10. The molecule has 2 amide bonds. The molecule has 0 bridgehead atoms. The van der Waals surface area contributed by atoms with Crippen molar-refractivity contribution in [2.45, 2.75) is 51.8 Å². The predicted octanol–water partition coefficient (Wildman–Crippen LogP) is 2.92. The Balaban J connectivity index is 1.46. The molecule has 4 heterocycles. The van der Waals surface area contributed by atoms with E-state index in [2.05, 4.69) is 9.97 Å². The van der Waals surface area contributed by atoms with Gasteiger partial charge in [0.1, 0.15) is 11.2 Å². The highest BCUT2D eigenvalue weighted by molar-refractivity contribution is 6.08. The van der Waals surface area contributed by atoms with E-state index in [0.29, 0.717) is 25.2 Å². The van der Waals surface area contributed by atoms with E-state index in [9.17, 15) is 9.59 Å². The summed E-state index contributed by atoms with van der Waals surface area (Å²) >= 11 is 0. The van der Waals surface area contributed by atoms with Crippen LogP contribution in [-0.4, -0.2) is 56.5 Å².